The minimum absolute atomic E-state index is 0.0956. The van der Waals surface area contributed by atoms with Crippen molar-refractivity contribution in [3.8, 4) is 0 Å². The molecule has 0 aliphatic heterocycles. The fraction of sp³-hybridized carbons (Fsp3) is 0.400. The Morgan fingerprint density at radius 1 is 1.36 bits per heavy atom. The van der Waals surface area contributed by atoms with Gasteiger partial charge in [0.2, 0.25) is 10.0 Å². The van der Waals surface area contributed by atoms with Crippen molar-refractivity contribution in [2.24, 2.45) is 5.92 Å². The minimum Gasteiger partial charge on any atom is -0.396 e. The number of hydrogen-bond donors (Lipinski definition) is 2. The van der Waals surface area contributed by atoms with E-state index in [1.807, 2.05) is 32.0 Å². The lowest BCUT2D eigenvalue weighted by Crippen LogP contribution is -2.31. The number of aryl methyl sites for hydroxylation is 2. The highest BCUT2D eigenvalue weighted by Gasteiger charge is 2.20. The van der Waals surface area contributed by atoms with Gasteiger partial charge < -0.3 is 5.11 Å². The summed E-state index contributed by atoms with van der Waals surface area (Å²) < 4.78 is 27.4. The average molecular weight is 340 g/mol. The fourth-order valence-electron chi connectivity index (χ4n) is 1.99. The number of nitrogens with zero attached hydrogens (tertiary/aromatic N) is 1. The zero-order valence-electron chi connectivity index (χ0n) is 12.6. The van der Waals surface area contributed by atoms with Crippen LogP contribution in [0.5, 0.6) is 0 Å². The second kappa shape index (κ2) is 7.32. The smallest absolute Gasteiger partial charge is 0.250 e. The number of rotatable bonds is 7. The molecule has 0 aliphatic carbocycles. The van der Waals surface area contributed by atoms with E-state index in [-0.39, 0.29) is 19.1 Å². The number of aliphatic hydroxyl groups excluding tert-OH is 1. The first kappa shape index (κ1) is 17.1. The number of hydrogen-bond acceptors (Lipinski definition) is 5. The van der Waals surface area contributed by atoms with Crippen molar-refractivity contribution in [2.45, 2.75) is 24.5 Å². The van der Waals surface area contributed by atoms with Crippen LogP contribution in [0.2, 0.25) is 0 Å². The van der Waals surface area contributed by atoms with Crippen LogP contribution < -0.4 is 4.72 Å². The number of thiophene rings is 1. The summed E-state index contributed by atoms with van der Waals surface area (Å²) >= 11 is 1.26. The maximum absolute atomic E-state index is 12.3. The van der Waals surface area contributed by atoms with E-state index < -0.39 is 10.0 Å². The van der Waals surface area contributed by atoms with E-state index in [1.165, 1.54) is 11.3 Å². The fourth-order valence-corrected chi connectivity index (χ4v) is 4.66. The van der Waals surface area contributed by atoms with Crippen LogP contribution in [-0.4, -0.2) is 31.7 Å². The quantitative estimate of drug-likeness (QED) is 0.807. The Morgan fingerprint density at radius 3 is 2.68 bits per heavy atom. The summed E-state index contributed by atoms with van der Waals surface area (Å²) in [5, 5.41) is 9.44. The lowest BCUT2D eigenvalue weighted by atomic mass is 10.0. The van der Waals surface area contributed by atoms with Crippen LogP contribution in [0.1, 0.15) is 16.1 Å². The van der Waals surface area contributed by atoms with E-state index in [0.717, 1.165) is 16.1 Å². The van der Waals surface area contributed by atoms with E-state index in [0.29, 0.717) is 10.6 Å². The maximum atomic E-state index is 12.3. The Hall–Kier alpha value is -1.28. The van der Waals surface area contributed by atoms with Crippen molar-refractivity contribution in [3.63, 3.8) is 0 Å². The van der Waals surface area contributed by atoms with Gasteiger partial charge in [-0.1, -0.05) is 6.07 Å². The first-order valence-corrected chi connectivity index (χ1v) is 9.30. The highest BCUT2D eigenvalue weighted by atomic mass is 32.2. The Bertz CT molecular complexity index is 692. The summed E-state index contributed by atoms with van der Waals surface area (Å²) in [6.45, 7) is 3.88. The number of nitrogens with one attached hydrogen (secondary N) is 1. The highest BCUT2D eigenvalue weighted by Crippen LogP contribution is 2.24. The molecular formula is C15H20N2O3S2. The Morgan fingerprint density at radius 2 is 2.14 bits per heavy atom. The third-order valence-electron chi connectivity index (χ3n) is 3.45. The van der Waals surface area contributed by atoms with Gasteiger partial charge in [-0.3, -0.25) is 4.98 Å². The van der Waals surface area contributed by atoms with Crippen molar-refractivity contribution in [1.82, 2.24) is 9.71 Å². The largest absolute Gasteiger partial charge is 0.396 e. The van der Waals surface area contributed by atoms with Crippen molar-refractivity contribution in [2.75, 3.05) is 13.2 Å². The lowest BCUT2D eigenvalue weighted by Gasteiger charge is -2.14. The van der Waals surface area contributed by atoms with Gasteiger partial charge in [0.25, 0.3) is 0 Å². The molecule has 2 N–H and O–H groups in total. The van der Waals surface area contributed by atoms with Gasteiger partial charge in [-0.25, -0.2) is 13.1 Å². The van der Waals surface area contributed by atoms with E-state index in [4.69, 9.17) is 0 Å². The molecule has 0 fully saturated rings. The number of sulfonamides is 1. The van der Waals surface area contributed by atoms with Crippen molar-refractivity contribution in [1.29, 1.82) is 0 Å². The molecule has 0 saturated heterocycles. The van der Waals surface area contributed by atoms with Crippen LogP contribution in [0.4, 0.5) is 0 Å². The number of pyridine rings is 1. The molecule has 0 amide bonds. The normalized spacial score (nSPS) is 13.2. The molecule has 22 heavy (non-hydrogen) atoms. The maximum Gasteiger partial charge on any atom is 0.250 e. The average Bonchev–Trinajstić information content (AvgIpc) is 2.85. The molecule has 7 heteroatoms. The molecule has 0 aromatic carbocycles. The highest BCUT2D eigenvalue weighted by molar-refractivity contribution is 7.91. The van der Waals surface area contributed by atoms with Crippen molar-refractivity contribution in [3.05, 3.63) is 46.6 Å². The van der Waals surface area contributed by atoms with Crippen LogP contribution in [0, 0.1) is 19.8 Å². The van der Waals surface area contributed by atoms with Gasteiger partial charge in [-0.15, -0.1) is 11.3 Å². The topological polar surface area (TPSA) is 79.3 Å². The molecule has 2 aromatic heterocycles. The number of aliphatic hydroxyl groups is 1. The molecular weight excluding hydrogens is 320 g/mol. The monoisotopic (exact) mass is 340 g/mol. The molecule has 1 atom stereocenters. The summed E-state index contributed by atoms with van der Waals surface area (Å²) in [5.41, 5.74) is 1.81. The van der Waals surface area contributed by atoms with Crippen LogP contribution in [0.3, 0.4) is 0 Å². The van der Waals surface area contributed by atoms with Crippen molar-refractivity contribution < 1.29 is 13.5 Å². The van der Waals surface area contributed by atoms with E-state index in [2.05, 4.69) is 9.71 Å². The molecule has 0 saturated carbocycles. The molecule has 0 spiro atoms. The van der Waals surface area contributed by atoms with Gasteiger partial charge in [0.1, 0.15) is 4.21 Å². The summed E-state index contributed by atoms with van der Waals surface area (Å²) in [7, 11) is -3.52. The molecule has 0 radical (unpaired) electrons. The second-order valence-electron chi connectivity index (χ2n) is 5.23. The molecule has 2 rings (SSSR count). The lowest BCUT2D eigenvalue weighted by molar-refractivity contribution is 0.226. The van der Waals surface area contributed by atoms with Crippen LogP contribution in [0.15, 0.2) is 34.7 Å². The predicted octanol–water partition coefficient (Wildman–Crippen LogP) is 1.89. The van der Waals surface area contributed by atoms with Gasteiger partial charge >= 0.3 is 0 Å². The standard InChI is InChI=1S/C15H20N2O3S2/c1-11-7-15(21-12(11)2)22(19,20)17-9-13(10-18)8-14-5-3-4-6-16-14/h3-7,13,17-18H,8-10H2,1-2H3. The van der Waals surface area contributed by atoms with Crippen molar-refractivity contribution >= 4 is 21.4 Å². The third-order valence-corrected chi connectivity index (χ3v) is 6.50. The van der Waals surface area contributed by atoms with Gasteiger partial charge in [-0.05, 0) is 44.0 Å². The van der Waals surface area contributed by atoms with E-state index >= 15 is 0 Å². The Kier molecular flexibility index (Phi) is 5.69. The van der Waals surface area contributed by atoms with Gasteiger partial charge in [0.15, 0.2) is 0 Å². The van der Waals surface area contributed by atoms with E-state index in [9.17, 15) is 13.5 Å². The Labute approximate surface area is 135 Å². The van der Waals surface area contributed by atoms with Gasteiger partial charge in [0.05, 0.1) is 0 Å². The Balaban J connectivity index is 2.00. The van der Waals surface area contributed by atoms with E-state index in [1.54, 1.807) is 12.3 Å². The molecule has 5 nitrogen and oxygen atoms in total. The predicted molar refractivity (Wildman–Crippen MR) is 87.5 cm³/mol. The summed E-state index contributed by atoms with van der Waals surface area (Å²) in [6.07, 6.45) is 2.22. The van der Waals surface area contributed by atoms with Gasteiger partial charge in [-0.2, -0.15) is 0 Å². The summed E-state index contributed by atoms with van der Waals surface area (Å²) in [5.74, 6) is -0.202. The zero-order chi connectivity index (χ0) is 16.2. The zero-order valence-corrected chi connectivity index (χ0v) is 14.2. The molecule has 120 valence electrons. The van der Waals surface area contributed by atoms with Gasteiger partial charge in [0, 0.05) is 35.8 Å². The first-order chi connectivity index (χ1) is 10.4. The SMILES string of the molecule is Cc1cc(S(=O)(=O)NCC(CO)Cc2ccccn2)sc1C. The third kappa shape index (κ3) is 4.36. The minimum atomic E-state index is -3.52. The summed E-state index contributed by atoms with van der Waals surface area (Å²) in [4.78, 5) is 5.19. The molecule has 0 aliphatic rings. The first-order valence-electron chi connectivity index (χ1n) is 7.00. The van der Waals surface area contributed by atoms with Crippen LogP contribution in [0.25, 0.3) is 0 Å². The molecule has 2 heterocycles. The molecule has 2 aromatic rings. The molecule has 0 bridgehead atoms. The summed E-state index contributed by atoms with van der Waals surface area (Å²) in [6, 6.07) is 7.23. The van der Waals surface area contributed by atoms with Crippen LogP contribution >= 0.6 is 11.3 Å². The van der Waals surface area contributed by atoms with Crippen LogP contribution in [-0.2, 0) is 16.4 Å². The number of aromatic nitrogens is 1. The second-order valence-corrected chi connectivity index (χ2v) is 8.48. The molecule has 1 unspecified atom stereocenters.